The second-order valence-corrected chi connectivity index (χ2v) is 7.12. The van der Waals surface area contributed by atoms with E-state index in [1.165, 1.54) is 44.9 Å². The number of nitrogens with one attached hydrogen (secondary N) is 1. The van der Waals surface area contributed by atoms with E-state index in [2.05, 4.69) is 17.4 Å². The van der Waals surface area contributed by atoms with Crippen LogP contribution in [-0.2, 0) is 6.54 Å². The Balaban J connectivity index is 1.78. The van der Waals surface area contributed by atoms with Crippen LogP contribution in [0.15, 0.2) is 6.20 Å². The summed E-state index contributed by atoms with van der Waals surface area (Å²) in [5.41, 5.74) is 4.11. The van der Waals surface area contributed by atoms with E-state index in [0.717, 1.165) is 29.1 Å². The molecule has 118 valence electrons. The molecule has 0 saturated heterocycles. The molecule has 0 spiro atoms. The van der Waals surface area contributed by atoms with Crippen LogP contribution in [0.2, 0.25) is 5.02 Å². The normalized spacial score (nSPS) is 30.9. The predicted molar refractivity (Wildman–Crippen MR) is 85.8 cm³/mol. The molecular weight excluding hydrogens is 284 g/mol. The van der Waals surface area contributed by atoms with Crippen LogP contribution < -0.4 is 11.3 Å². The molecule has 0 amide bonds. The lowest BCUT2D eigenvalue weighted by Gasteiger charge is -2.41. The number of nitrogens with zero attached hydrogens (tertiary/aromatic N) is 2. The van der Waals surface area contributed by atoms with Crippen molar-refractivity contribution in [2.45, 2.75) is 64.5 Å². The maximum absolute atomic E-state index is 6.37. The Morgan fingerprint density at radius 1 is 1.33 bits per heavy atom. The van der Waals surface area contributed by atoms with Crippen LogP contribution in [0.25, 0.3) is 0 Å². The number of nitrogens with two attached hydrogens (primary N) is 1. The molecule has 4 nitrogen and oxygen atoms in total. The first kappa shape index (κ1) is 15.3. The molecule has 4 unspecified atom stereocenters. The van der Waals surface area contributed by atoms with Gasteiger partial charge >= 0.3 is 0 Å². The summed E-state index contributed by atoms with van der Waals surface area (Å²) in [7, 11) is 0. The Labute approximate surface area is 132 Å². The largest absolute Gasteiger partial charge is 0.271 e. The maximum atomic E-state index is 6.37. The van der Waals surface area contributed by atoms with Gasteiger partial charge in [0.1, 0.15) is 0 Å². The van der Waals surface area contributed by atoms with E-state index in [4.69, 9.17) is 17.4 Å². The van der Waals surface area contributed by atoms with E-state index in [0.29, 0.717) is 5.92 Å². The first-order chi connectivity index (χ1) is 10.2. The number of rotatable bonds is 4. The van der Waals surface area contributed by atoms with E-state index >= 15 is 0 Å². The van der Waals surface area contributed by atoms with E-state index < -0.39 is 0 Å². The highest BCUT2D eigenvalue weighted by Crippen LogP contribution is 2.46. The van der Waals surface area contributed by atoms with Crippen LogP contribution in [0.1, 0.15) is 63.6 Å². The van der Waals surface area contributed by atoms with Gasteiger partial charge in [0, 0.05) is 6.54 Å². The smallest absolute Gasteiger partial charge is 0.0834 e. The van der Waals surface area contributed by atoms with Gasteiger partial charge in [-0.05, 0) is 43.9 Å². The molecule has 2 fully saturated rings. The second kappa shape index (κ2) is 6.67. The third-order valence-electron chi connectivity index (χ3n) is 5.66. The van der Waals surface area contributed by atoms with Gasteiger partial charge in [0.2, 0.25) is 0 Å². The van der Waals surface area contributed by atoms with Crippen LogP contribution in [0.3, 0.4) is 0 Å². The quantitative estimate of drug-likeness (QED) is 0.659. The summed E-state index contributed by atoms with van der Waals surface area (Å²) in [6, 6.07) is 0.128. The molecule has 21 heavy (non-hydrogen) atoms. The molecule has 3 N–H and O–H groups in total. The molecule has 1 aromatic heterocycles. The molecule has 2 aliphatic rings. The molecule has 0 radical (unpaired) electrons. The second-order valence-electron chi connectivity index (χ2n) is 6.72. The van der Waals surface area contributed by atoms with Crippen LogP contribution in [0.4, 0.5) is 0 Å². The van der Waals surface area contributed by atoms with Crippen molar-refractivity contribution in [1.29, 1.82) is 0 Å². The van der Waals surface area contributed by atoms with E-state index in [9.17, 15) is 0 Å². The van der Waals surface area contributed by atoms with Gasteiger partial charge in [-0.1, -0.05) is 37.3 Å². The monoisotopic (exact) mass is 310 g/mol. The molecule has 2 aliphatic carbocycles. The van der Waals surface area contributed by atoms with Gasteiger partial charge in [-0.2, -0.15) is 5.10 Å². The van der Waals surface area contributed by atoms with Gasteiger partial charge in [-0.3, -0.25) is 16.0 Å². The summed E-state index contributed by atoms with van der Waals surface area (Å²) >= 11 is 6.37. The van der Waals surface area contributed by atoms with Gasteiger partial charge in [-0.15, -0.1) is 0 Å². The first-order valence-electron chi connectivity index (χ1n) is 8.41. The van der Waals surface area contributed by atoms with Gasteiger partial charge in [0.15, 0.2) is 0 Å². The molecule has 0 bridgehead atoms. The van der Waals surface area contributed by atoms with Gasteiger partial charge in [-0.25, -0.2) is 0 Å². The van der Waals surface area contributed by atoms with Crippen molar-refractivity contribution in [1.82, 2.24) is 15.2 Å². The van der Waals surface area contributed by atoms with Gasteiger partial charge in [0.05, 0.1) is 23.0 Å². The molecular formula is C16H27ClN4. The van der Waals surface area contributed by atoms with Crippen molar-refractivity contribution in [3.05, 3.63) is 16.9 Å². The van der Waals surface area contributed by atoms with Crippen molar-refractivity contribution in [2.24, 2.45) is 23.6 Å². The lowest BCUT2D eigenvalue weighted by atomic mass is 9.66. The number of halogens is 1. The molecule has 1 aromatic rings. The third kappa shape index (κ3) is 2.99. The number of hydrogen-bond acceptors (Lipinski definition) is 3. The first-order valence-corrected chi connectivity index (χ1v) is 8.79. The van der Waals surface area contributed by atoms with E-state index in [1.54, 1.807) is 6.20 Å². The lowest BCUT2D eigenvalue weighted by molar-refractivity contribution is 0.107. The van der Waals surface area contributed by atoms with Gasteiger partial charge in [0.25, 0.3) is 0 Å². The summed E-state index contributed by atoms with van der Waals surface area (Å²) < 4.78 is 1.99. The standard InChI is InChI=1S/C16H27ClN4/c1-2-21-16(14(17)10-19-21)15(20-18)13-8-7-11-5-3-4-6-12(11)9-13/h10-13,15,20H,2-9,18H2,1H3. The maximum Gasteiger partial charge on any atom is 0.0834 e. The zero-order valence-electron chi connectivity index (χ0n) is 12.9. The fraction of sp³-hybridized carbons (Fsp3) is 0.812. The lowest BCUT2D eigenvalue weighted by Crippen LogP contribution is -2.39. The highest BCUT2D eigenvalue weighted by molar-refractivity contribution is 6.31. The van der Waals surface area contributed by atoms with Crippen LogP contribution in [0, 0.1) is 17.8 Å². The average Bonchev–Trinajstić information content (AvgIpc) is 2.89. The zero-order chi connectivity index (χ0) is 14.8. The minimum Gasteiger partial charge on any atom is -0.271 e. The molecule has 4 atom stereocenters. The molecule has 0 aliphatic heterocycles. The SMILES string of the molecule is CCn1ncc(Cl)c1C(NN)C1CCC2CCCCC2C1. The van der Waals surface area contributed by atoms with Crippen molar-refractivity contribution in [3.8, 4) is 0 Å². The number of hydrogen-bond donors (Lipinski definition) is 2. The number of aryl methyl sites for hydroxylation is 1. The fourth-order valence-electron chi connectivity index (χ4n) is 4.58. The van der Waals surface area contributed by atoms with Crippen LogP contribution >= 0.6 is 11.6 Å². The number of hydrazine groups is 1. The van der Waals surface area contributed by atoms with Crippen molar-refractivity contribution in [3.63, 3.8) is 0 Å². The minimum absolute atomic E-state index is 0.128. The Bertz CT molecular complexity index is 473. The Hall–Kier alpha value is -0.580. The van der Waals surface area contributed by atoms with Crippen molar-refractivity contribution >= 4 is 11.6 Å². The molecule has 2 saturated carbocycles. The molecule has 3 rings (SSSR count). The topological polar surface area (TPSA) is 55.9 Å². The third-order valence-corrected chi connectivity index (χ3v) is 5.95. The number of aromatic nitrogens is 2. The summed E-state index contributed by atoms with van der Waals surface area (Å²) in [5, 5.41) is 5.11. The summed E-state index contributed by atoms with van der Waals surface area (Å²) in [5.74, 6) is 8.34. The molecule has 0 aromatic carbocycles. The summed E-state index contributed by atoms with van der Waals surface area (Å²) in [6.45, 7) is 2.93. The minimum atomic E-state index is 0.128. The van der Waals surface area contributed by atoms with Crippen molar-refractivity contribution in [2.75, 3.05) is 0 Å². The highest BCUT2D eigenvalue weighted by atomic mass is 35.5. The zero-order valence-corrected chi connectivity index (χ0v) is 13.6. The Morgan fingerprint density at radius 3 is 2.81 bits per heavy atom. The highest BCUT2D eigenvalue weighted by Gasteiger charge is 2.37. The van der Waals surface area contributed by atoms with Crippen molar-refractivity contribution < 1.29 is 0 Å². The predicted octanol–water partition coefficient (Wildman–Crippen LogP) is 3.67. The van der Waals surface area contributed by atoms with Gasteiger partial charge < -0.3 is 0 Å². The Kier molecular flexibility index (Phi) is 4.87. The number of fused-ring (bicyclic) bond motifs is 1. The van der Waals surface area contributed by atoms with Crippen LogP contribution in [-0.4, -0.2) is 9.78 Å². The average molecular weight is 311 g/mol. The molecule has 1 heterocycles. The van der Waals surface area contributed by atoms with E-state index in [1.807, 2.05) is 4.68 Å². The van der Waals surface area contributed by atoms with Crippen LogP contribution in [0.5, 0.6) is 0 Å². The fourth-order valence-corrected chi connectivity index (χ4v) is 4.84. The summed E-state index contributed by atoms with van der Waals surface area (Å²) in [4.78, 5) is 0. The summed E-state index contributed by atoms with van der Waals surface area (Å²) in [6.07, 6.45) is 11.3. The Morgan fingerprint density at radius 2 is 2.10 bits per heavy atom. The van der Waals surface area contributed by atoms with E-state index in [-0.39, 0.29) is 6.04 Å². The molecule has 5 heteroatoms.